The van der Waals surface area contributed by atoms with Crippen LogP contribution in [0.1, 0.15) is 99.9 Å². The molecule has 0 aliphatic heterocycles. The molecule has 0 unspecified atom stereocenters. The second kappa shape index (κ2) is 11.3. The van der Waals surface area contributed by atoms with Gasteiger partial charge in [-0.1, -0.05) is 41.5 Å². The van der Waals surface area contributed by atoms with Crippen LogP contribution in [0.3, 0.4) is 0 Å². The highest BCUT2D eigenvalue weighted by atomic mass is 16.6. The molecule has 226 valence electrons. The van der Waals surface area contributed by atoms with E-state index in [0.717, 1.165) is 0 Å². The van der Waals surface area contributed by atoms with Crippen LogP contribution in [0.5, 0.6) is 0 Å². The van der Waals surface area contributed by atoms with Crippen molar-refractivity contribution in [1.82, 2.24) is 0 Å². The van der Waals surface area contributed by atoms with Gasteiger partial charge in [-0.3, -0.25) is 40.5 Å². The Morgan fingerprint density at radius 3 is 0.833 bits per heavy atom. The number of hydrogen-bond donors (Lipinski definition) is 0. The zero-order valence-corrected chi connectivity index (χ0v) is 25.9. The second-order valence-electron chi connectivity index (χ2n) is 12.3. The van der Waals surface area contributed by atoms with Crippen molar-refractivity contribution in [2.75, 3.05) is 0 Å². The van der Waals surface area contributed by atoms with Gasteiger partial charge in [0.1, 0.15) is 11.1 Å². The number of rotatable bonds is 7. The van der Waals surface area contributed by atoms with Crippen LogP contribution < -0.4 is 0 Å². The number of nitro benzene ring substituents is 4. The summed E-state index contributed by atoms with van der Waals surface area (Å²) in [4.78, 5) is 46.0. The van der Waals surface area contributed by atoms with E-state index in [4.69, 9.17) is 0 Å². The molecule has 0 spiro atoms. The Bertz CT molecular complexity index is 1410. The summed E-state index contributed by atoms with van der Waals surface area (Å²) in [5, 5.41) is 57.0. The van der Waals surface area contributed by atoms with Crippen molar-refractivity contribution in [3.8, 4) is 0 Å². The van der Waals surface area contributed by atoms with Crippen molar-refractivity contribution in [3.05, 3.63) is 85.0 Å². The Hall–Kier alpha value is -4.62. The molecule has 2 rings (SSSR count). The SMILES string of the molecule is C/C(=N\N=C(/C)c1c(C)c([N+](=O)[O-])c(C(C)(C)C)c([N+](=O)[O-])c1C)c1c(C)c([N+](=O)[O-])c(C(C)(C)C)c([N+](=O)[O-])c1C. The van der Waals surface area contributed by atoms with E-state index >= 15 is 0 Å². The van der Waals surface area contributed by atoms with Crippen molar-refractivity contribution in [2.24, 2.45) is 10.2 Å². The first-order valence-electron chi connectivity index (χ1n) is 13.0. The van der Waals surface area contributed by atoms with E-state index in [1.807, 2.05) is 0 Å². The summed E-state index contributed by atoms with van der Waals surface area (Å²) in [5.74, 6) is 0. The molecular weight excluding hydrogens is 548 g/mol. The lowest BCUT2D eigenvalue weighted by Crippen LogP contribution is -2.21. The van der Waals surface area contributed by atoms with Gasteiger partial charge in [0, 0.05) is 44.2 Å². The summed E-state index contributed by atoms with van der Waals surface area (Å²) in [6.07, 6.45) is 0. The van der Waals surface area contributed by atoms with Gasteiger partial charge in [0.25, 0.3) is 22.7 Å². The maximum absolute atomic E-state index is 12.2. The topological polar surface area (TPSA) is 197 Å². The normalized spacial score (nSPS) is 12.9. The molecule has 0 heterocycles. The summed E-state index contributed by atoms with van der Waals surface area (Å²) < 4.78 is 0. The summed E-state index contributed by atoms with van der Waals surface area (Å²) in [5.41, 5.74) is -2.10. The summed E-state index contributed by atoms with van der Waals surface area (Å²) in [6.45, 7) is 18.9. The Morgan fingerprint density at radius 1 is 0.500 bits per heavy atom. The minimum Gasteiger partial charge on any atom is -0.258 e. The van der Waals surface area contributed by atoms with Gasteiger partial charge in [0.15, 0.2) is 0 Å². The molecule has 0 amide bonds. The average Bonchev–Trinajstić information content (AvgIpc) is 2.79. The van der Waals surface area contributed by atoms with Crippen molar-refractivity contribution in [1.29, 1.82) is 0 Å². The van der Waals surface area contributed by atoms with Crippen LogP contribution in [0.4, 0.5) is 22.7 Å². The molecule has 0 saturated carbocycles. The lowest BCUT2D eigenvalue weighted by Gasteiger charge is -2.23. The fourth-order valence-corrected chi connectivity index (χ4v) is 5.68. The highest BCUT2D eigenvalue weighted by molar-refractivity contribution is 6.06. The fourth-order valence-electron chi connectivity index (χ4n) is 5.68. The summed E-state index contributed by atoms with van der Waals surface area (Å²) >= 11 is 0. The van der Waals surface area contributed by atoms with Gasteiger partial charge in [-0.25, -0.2) is 0 Å². The van der Waals surface area contributed by atoms with Crippen LogP contribution in [-0.4, -0.2) is 31.1 Å². The van der Waals surface area contributed by atoms with Crippen LogP contribution in [0, 0.1) is 68.2 Å². The van der Waals surface area contributed by atoms with E-state index in [0.29, 0.717) is 0 Å². The second-order valence-corrected chi connectivity index (χ2v) is 12.3. The molecule has 0 aliphatic rings. The lowest BCUT2D eigenvalue weighted by atomic mass is 9.79. The molecule has 0 aromatic heterocycles. The van der Waals surface area contributed by atoms with Crippen LogP contribution in [0.25, 0.3) is 0 Å². The van der Waals surface area contributed by atoms with E-state index in [-0.39, 0.29) is 78.7 Å². The molecule has 0 aliphatic carbocycles. The molecule has 0 saturated heterocycles. The molecular formula is C28H36N6O8. The van der Waals surface area contributed by atoms with Crippen LogP contribution in [-0.2, 0) is 10.8 Å². The molecule has 2 aromatic rings. The quantitative estimate of drug-likeness (QED) is 0.182. The Labute approximate surface area is 243 Å². The number of benzene rings is 2. The maximum Gasteiger partial charge on any atom is 0.283 e. The van der Waals surface area contributed by atoms with Crippen LogP contribution in [0.2, 0.25) is 0 Å². The van der Waals surface area contributed by atoms with Gasteiger partial charge in [-0.2, -0.15) is 10.2 Å². The Morgan fingerprint density at radius 2 is 0.690 bits per heavy atom. The van der Waals surface area contributed by atoms with Crippen molar-refractivity contribution in [3.63, 3.8) is 0 Å². The average molecular weight is 585 g/mol. The molecule has 42 heavy (non-hydrogen) atoms. The first-order valence-corrected chi connectivity index (χ1v) is 13.0. The number of hydrogen-bond acceptors (Lipinski definition) is 10. The number of nitrogens with zero attached hydrogens (tertiary/aromatic N) is 6. The van der Waals surface area contributed by atoms with Gasteiger partial charge in [-0.15, -0.1) is 0 Å². The third-order valence-electron chi connectivity index (χ3n) is 7.17. The van der Waals surface area contributed by atoms with Crippen molar-refractivity contribution >= 4 is 34.2 Å². The highest BCUT2D eigenvalue weighted by Gasteiger charge is 2.41. The molecule has 0 radical (unpaired) electrons. The summed E-state index contributed by atoms with van der Waals surface area (Å²) in [6, 6.07) is 0. The lowest BCUT2D eigenvalue weighted by molar-refractivity contribution is -0.397. The van der Waals surface area contributed by atoms with Gasteiger partial charge in [0.2, 0.25) is 0 Å². The van der Waals surface area contributed by atoms with Crippen LogP contribution in [0.15, 0.2) is 10.2 Å². The van der Waals surface area contributed by atoms with Crippen molar-refractivity contribution < 1.29 is 19.7 Å². The minimum absolute atomic E-state index is 0.00598. The van der Waals surface area contributed by atoms with Gasteiger partial charge < -0.3 is 0 Å². The molecule has 0 fully saturated rings. The zero-order valence-electron chi connectivity index (χ0n) is 25.9. The largest absolute Gasteiger partial charge is 0.283 e. The molecule has 14 nitrogen and oxygen atoms in total. The van der Waals surface area contributed by atoms with Gasteiger partial charge in [-0.05, 0) is 41.5 Å². The third-order valence-corrected chi connectivity index (χ3v) is 7.17. The van der Waals surface area contributed by atoms with Crippen molar-refractivity contribution in [2.45, 2.75) is 93.9 Å². The molecule has 0 N–H and O–H groups in total. The predicted octanol–water partition coefficient (Wildman–Crippen LogP) is 7.38. The Kier molecular flexibility index (Phi) is 9.07. The highest BCUT2D eigenvalue weighted by Crippen LogP contribution is 2.46. The first-order chi connectivity index (χ1) is 19.0. The van der Waals surface area contributed by atoms with Gasteiger partial charge in [0.05, 0.1) is 31.1 Å². The first kappa shape index (κ1) is 33.6. The summed E-state index contributed by atoms with van der Waals surface area (Å²) in [7, 11) is 0. The van der Waals surface area contributed by atoms with E-state index in [1.165, 1.54) is 41.5 Å². The minimum atomic E-state index is -0.920. The smallest absolute Gasteiger partial charge is 0.258 e. The fraction of sp³-hybridized carbons (Fsp3) is 0.500. The van der Waals surface area contributed by atoms with E-state index in [1.54, 1.807) is 41.5 Å². The number of nitro groups is 4. The predicted molar refractivity (Wildman–Crippen MR) is 160 cm³/mol. The van der Waals surface area contributed by atoms with E-state index in [9.17, 15) is 40.5 Å². The zero-order chi connectivity index (χ0) is 32.8. The molecule has 0 bridgehead atoms. The monoisotopic (exact) mass is 584 g/mol. The molecule has 14 heteroatoms. The molecule has 0 atom stereocenters. The van der Waals surface area contributed by atoms with E-state index < -0.39 is 30.5 Å². The van der Waals surface area contributed by atoms with Crippen LogP contribution >= 0.6 is 0 Å². The third kappa shape index (κ3) is 5.87. The standard InChI is InChI=1S/C28H36N6O8/c1-13-19(14(2)24(32(37)38)21(27(7,8)9)23(13)31(35)36)17(5)29-30-18(6)20-15(3)25(33(39)40)22(28(10,11)12)26(16(20)4)34(41)42/h1-12H3/b29-17+,30-18+. The van der Waals surface area contributed by atoms with E-state index in [2.05, 4.69) is 10.2 Å². The maximum atomic E-state index is 12.2. The Balaban J connectivity index is 3.01. The molecule has 2 aromatic carbocycles. The van der Waals surface area contributed by atoms with Gasteiger partial charge >= 0.3 is 0 Å².